The zero-order valence-electron chi connectivity index (χ0n) is 23.6. The van der Waals surface area contributed by atoms with Crippen LogP contribution in [-0.2, 0) is 19.2 Å². The third-order valence-electron chi connectivity index (χ3n) is 8.31. The highest BCUT2D eigenvalue weighted by atomic mass is 16.2. The van der Waals surface area contributed by atoms with Crippen molar-refractivity contribution in [3.63, 3.8) is 0 Å². The van der Waals surface area contributed by atoms with E-state index in [1.165, 1.54) is 0 Å². The van der Waals surface area contributed by atoms with Gasteiger partial charge in [0.2, 0.25) is 17.6 Å². The number of nitrogens with zero attached hydrogens (tertiary/aromatic N) is 1. The van der Waals surface area contributed by atoms with Gasteiger partial charge in [0.1, 0.15) is 12.1 Å². The van der Waals surface area contributed by atoms with E-state index in [2.05, 4.69) is 29.8 Å². The predicted molar refractivity (Wildman–Crippen MR) is 139 cm³/mol. The molecule has 5 amide bonds. The van der Waals surface area contributed by atoms with E-state index >= 15 is 0 Å². The Labute approximate surface area is 220 Å². The van der Waals surface area contributed by atoms with Crippen LogP contribution in [0.3, 0.4) is 0 Å². The van der Waals surface area contributed by atoms with E-state index in [1.54, 1.807) is 4.90 Å². The van der Waals surface area contributed by atoms with Crippen molar-refractivity contribution in [3.8, 4) is 0 Å². The summed E-state index contributed by atoms with van der Waals surface area (Å²) in [5.74, 6) is -2.35. The minimum absolute atomic E-state index is 0.0755. The molecule has 3 aliphatic rings. The number of hydrogen-bond acceptors (Lipinski definition) is 5. The van der Waals surface area contributed by atoms with Crippen LogP contribution in [0.4, 0.5) is 4.79 Å². The highest BCUT2D eigenvalue weighted by Crippen LogP contribution is 2.65. The summed E-state index contributed by atoms with van der Waals surface area (Å²) in [6.45, 7) is 15.7. The number of carbonyl (C=O) groups excluding carboxylic acids is 5. The van der Waals surface area contributed by atoms with Gasteiger partial charge in [0.05, 0.1) is 6.04 Å². The number of carbonyl (C=O) groups is 5. The second-order valence-electron chi connectivity index (χ2n) is 13.9. The van der Waals surface area contributed by atoms with E-state index in [9.17, 15) is 24.0 Å². The minimum Gasteiger partial charge on any atom is -0.363 e. The SMILES string of the molecule is CC(C)(C)NC(=O)NC(C(=O)N1C[C@H]2[C@@H]([C@H]1C(=O)NC(CC1CCC1)C(=O)C(N)=O)C2(C)C)C(C)(C)C. The van der Waals surface area contributed by atoms with Crippen molar-refractivity contribution in [3.05, 3.63) is 0 Å². The molecule has 0 bridgehead atoms. The van der Waals surface area contributed by atoms with Crippen molar-refractivity contribution in [1.82, 2.24) is 20.9 Å². The number of ketones is 1. The summed E-state index contributed by atoms with van der Waals surface area (Å²) in [6, 6.07) is -3.13. The molecule has 5 N–H and O–H groups in total. The molecule has 1 aliphatic heterocycles. The number of Topliss-reactive ketones (excluding diaryl/α,β-unsaturated/α-hetero) is 1. The Morgan fingerprint density at radius 3 is 2.05 bits per heavy atom. The average Bonchev–Trinajstić information content (AvgIpc) is 3.06. The molecule has 2 aliphatic carbocycles. The first kappa shape index (κ1) is 28.9. The van der Waals surface area contributed by atoms with Gasteiger partial charge in [-0.15, -0.1) is 0 Å². The maximum Gasteiger partial charge on any atom is 0.315 e. The number of hydrogen-bond donors (Lipinski definition) is 4. The minimum atomic E-state index is -1.07. The molecule has 0 aromatic carbocycles. The first-order chi connectivity index (χ1) is 16.8. The number of nitrogens with one attached hydrogen (secondary N) is 3. The molecule has 10 nitrogen and oxygen atoms in total. The summed E-state index contributed by atoms with van der Waals surface area (Å²) in [4.78, 5) is 66.1. The fourth-order valence-electron chi connectivity index (χ4n) is 5.86. The van der Waals surface area contributed by atoms with E-state index in [0.717, 1.165) is 19.3 Å². The largest absolute Gasteiger partial charge is 0.363 e. The maximum atomic E-state index is 13.9. The van der Waals surface area contributed by atoms with Crippen molar-refractivity contribution in [1.29, 1.82) is 0 Å². The molecule has 0 aromatic rings. The van der Waals surface area contributed by atoms with Gasteiger partial charge in [-0.25, -0.2) is 4.79 Å². The summed E-state index contributed by atoms with van der Waals surface area (Å²) >= 11 is 0. The Balaban J connectivity index is 1.83. The van der Waals surface area contributed by atoms with E-state index in [1.807, 2.05) is 41.5 Å². The first-order valence-corrected chi connectivity index (χ1v) is 13.4. The third kappa shape index (κ3) is 6.26. The number of nitrogens with two attached hydrogens (primary N) is 1. The van der Waals surface area contributed by atoms with Gasteiger partial charge in [0.15, 0.2) is 0 Å². The standard InChI is InChI=1S/C27H45N5O5/c1-25(2,3)20(30-24(37)31-26(4,5)6)23(36)32-13-15-17(27(15,7)8)18(32)22(35)29-16(19(33)21(28)34)12-14-10-9-11-14/h14-18,20H,9-13H2,1-8H3,(H2,28,34)(H,29,35)(H2,30,31,37)/t15-,16?,17-,18-,20?/m0/s1. The smallest absolute Gasteiger partial charge is 0.315 e. The van der Waals surface area contributed by atoms with Crippen LogP contribution in [0, 0.1) is 28.6 Å². The fraction of sp³-hybridized carbons (Fsp3) is 0.815. The van der Waals surface area contributed by atoms with Crippen LogP contribution >= 0.6 is 0 Å². The average molecular weight is 520 g/mol. The molecule has 2 unspecified atom stereocenters. The molecule has 37 heavy (non-hydrogen) atoms. The molecule has 0 radical (unpaired) electrons. The van der Waals surface area contributed by atoms with Crippen LogP contribution in [0.2, 0.25) is 0 Å². The first-order valence-electron chi connectivity index (χ1n) is 13.4. The molecular weight excluding hydrogens is 474 g/mol. The molecule has 0 spiro atoms. The lowest BCUT2D eigenvalue weighted by Crippen LogP contribution is -2.62. The van der Waals surface area contributed by atoms with Crippen LogP contribution in [0.1, 0.15) is 81.1 Å². The van der Waals surface area contributed by atoms with Gasteiger partial charge >= 0.3 is 6.03 Å². The third-order valence-corrected chi connectivity index (χ3v) is 8.31. The lowest BCUT2D eigenvalue weighted by Gasteiger charge is -2.38. The molecule has 3 fully saturated rings. The molecule has 1 saturated heterocycles. The second kappa shape index (κ2) is 9.91. The highest BCUT2D eigenvalue weighted by molar-refractivity contribution is 6.37. The molecule has 5 atom stereocenters. The lowest BCUT2D eigenvalue weighted by atomic mass is 9.80. The Bertz CT molecular complexity index is 959. The topological polar surface area (TPSA) is 151 Å². The summed E-state index contributed by atoms with van der Waals surface area (Å²) in [6.07, 6.45) is 3.31. The van der Waals surface area contributed by atoms with Crippen molar-refractivity contribution >= 4 is 29.5 Å². The van der Waals surface area contributed by atoms with Crippen molar-refractivity contribution in [2.24, 2.45) is 34.3 Å². The molecular formula is C27H45N5O5. The van der Waals surface area contributed by atoms with Crippen molar-refractivity contribution in [2.45, 2.75) is 105 Å². The Kier molecular flexibility index (Phi) is 7.74. The Hall–Kier alpha value is -2.65. The maximum absolute atomic E-state index is 13.9. The van der Waals surface area contributed by atoms with Gasteiger partial charge in [-0.05, 0) is 55.8 Å². The van der Waals surface area contributed by atoms with Gasteiger partial charge in [0, 0.05) is 12.1 Å². The number of likely N-dealkylation sites (tertiary alicyclic amines) is 1. The van der Waals surface area contributed by atoms with Crippen molar-refractivity contribution in [2.75, 3.05) is 6.54 Å². The zero-order chi connectivity index (χ0) is 28.1. The quantitative estimate of drug-likeness (QED) is 0.360. The van der Waals surface area contributed by atoms with Crippen LogP contribution < -0.4 is 21.7 Å². The van der Waals surface area contributed by atoms with Gasteiger partial charge in [-0.1, -0.05) is 53.9 Å². The van der Waals surface area contributed by atoms with E-state index < -0.39 is 52.7 Å². The molecule has 3 rings (SSSR count). The predicted octanol–water partition coefficient (Wildman–Crippen LogP) is 1.71. The van der Waals surface area contributed by atoms with Crippen LogP contribution in [0.5, 0.6) is 0 Å². The molecule has 10 heteroatoms. The highest BCUT2D eigenvalue weighted by Gasteiger charge is 2.70. The Morgan fingerprint density at radius 1 is 1.00 bits per heavy atom. The van der Waals surface area contributed by atoms with Crippen LogP contribution in [0.15, 0.2) is 0 Å². The van der Waals surface area contributed by atoms with E-state index in [0.29, 0.717) is 13.0 Å². The summed E-state index contributed by atoms with van der Waals surface area (Å²) in [5.41, 5.74) is 4.04. The molecule has 208 valence electrons. The Morgan fingerprint density at radius 2 is 1.59 bits per heavy atom. The van der Waals surface area contributed by atoms with Crippen LogP contribution in [-0.4, -0.2) is 64.6 Å². The normalized spacial score (nSPS) is 26.3. The number of fused-ring (bicyclic) bond motifs is 1. The summed E-state index contributed by atoms with van der Waals surface area (Å²) < 4.78 is 0. The molecule has 2 saturated carbocycles. The zero-order valence-corrected chi connectivity index (χ0v) is 23.6. The number of primary amides is 1. The monoisotopic (exact) mass is 519 g/mol. The van der Waals surface area contributed by atoms with Gasteiger partial charge in [-0.2, -0.15) is 0 Å². The van der Waals surface area contributed by atoms with E-state index in [4.69, 9.17) is 5.73 Å². The van der Waals surface area contributed by atoms with Gasteiger partial charge in [-0.3, -0.25) is 19.2 Å². The number of amides is 5. The fourth-order valence-corrected chi connectivity index (χ4v) is 5.86. The summed E-state index contributed by atoms with van der Waals surface area (Å²) in [5, 5.41) is 8.44. The summed E-state index contributed by atoms with van der Waals surface area (Å²) in [7, 11) is 0. The molecule has 0 aromatic heterocycles. The second-order valence-corrected chi connectivity index (χ2v) is 13.9. The number of rotatable bonds is 8. The van der Waals surface area contributed by atoms with E-state index in [-0.39, 0.29) is 29.1 Å². The molecule has 1 heterocycles. The lowest BCUT2D eigenvalue weighted by molar-refractivity contribution is -0.145. The van der Waals surface area contributed by atoms with Gasteiger partial charge < -0.3 is 26.6 Å². The van der Waals surface area contributed by atoms with Gasteiger partial charge in [0.25, 0.3) is 5.91 Å². The number of piperidine rings is 1. The number of urea groups is 1. The van der Waals surface area contributed by atoms with Crippen LogP contribution in [0.25, 0.3) is 0 Å². The van der Waals surface area contributed by atoms with Crippen molar-refractivity contribution < 1.29 is 24.0 Å².